The Kier molecular flexibility index (Phi) is 4.78. The van der Waals surface area contributed by atoms with Crippen molar-refractivity contribution < 1.29 is 14.4 Å². The van der Waals surface area contributed by atoms with E-state index in [1.165, 1.54) is 6.07 Å². The zero-order valence-electron chi connectivity index (χ0n) is 15.4. The van der Waals surface area contributed by atoms with Crippen molar-refractivity contribution in [1.82, 2.24) is 0 Å². The monoisotopic (exact) mass is 405 g/mol. The first-order valence-corrected chi connectivity index (χ1v) is 9.24. The van der Waals surface area contributed by atoms with Crippen LogP contribution in [-0.4, -0.2) is 17.8 Å². The first-order chi connectivity index (χ1) is 13.9. The van der Waals surface area contributed by atoms with Gasteiger partial charge in [-0.05, 0) is 61.0 Å². The molecule has 0 aliphatic carbocycles. The number of imide groups is 1. The fourth-order valence-electron chi connectivity index (χ4n) is 3.23. The van der Waals surface area contributed by atoms with Crippen molar-refractivity contribution in [3.05, 3.63) is 88.4 Å². The number of para-hydroxylation sites is 1. The quantitative estimate of drug-likeness (QED) is 0.595. The molecule has 2 N–H and O–H groups in total. The second-order valence-electron chi connectivity index (χ2n) is 6.58. The van der Waals surface area contributed by atoms with Crippen LogP contribution in [0.3, 0.4) is 0 Å². The number of urea groups is 1. The van der Waals surface area contributed by atoms with Crippen molar-refractivity contribution in [1.29, 1.82) is 0 Å². The van der Waals surface area contributed by atoms with Gasteiger partial charge in [0.15, 0.2) is 0 Å². The third-order valence-corrected chi connectivity index (χ3v) is 4.81. The number of aryl methyl sites for hydroxylation is 1. The van der Waals surface area contributed by atoms with Crippen LogP contribution in [-0.2, 0) is 0 Å². The number of carbonyl (C=O) groups is 3. The van der Waals surface area contributed by atoms with Gasteiger partial charge < -0.3 is 10.6 Å². The Morgan fingerprint density at radius 2 is 1.52 bits per heavy atom. The van der Waals surface area contributed by atoms with E-state index in [2.05, 4.69) is 10.6 Å². The van der Waals surface area contributed by atoms with E-state index in [9.17, 15) is 14.4 Å². The summed E-state index contributed by atoms with van der Waals surface area (Å²) < 4.78 is 0. The molecule has 3 aromatic carbocycles. The lowest BCUT2D eigenvalue weighted by atomic mass is 10.1. The van der Waals surface area contributed by atoms with Gasteiger partial charge in [0.25, 0.3) is 11.8 Å². The smallest absolute Gasteiger partial charge is 0.308 e. The molecule has 3 aromatic rings. The summed E-state index contributed by atoms with van der Waals surface area (Å²) in [6.45, 7) is 1.77. The van der Waals surface area contributed by atoms with Gasteiger partial charge in [0.2, 0.25) is 0 Å². The molecule has 7 heteroatoms. The second-order valence-corrected chi connectivity index (χ2v) is 7.02. The second kappa shape index (κ2) is 7.41. The van der Waals surface area contributed by atoms with E-state index in [-0.39, 0.29) is 5.56 Å². The number of benzene rings is 3. The molecule has 0 saturated heterocycles. The zero-order valence-corrected chi connectivity index (χ0v) is 16.2. The number of nitrogens with zero attached hydrogens (tertiary/aromatic N) is 1. The summed E-state index contributed by atoms with van der Waals surface area (Å²) in [6.07, 6.45) is 0. The van der Waals surface area contributed by atoms with Gasteiger partial charge in [0, 0.05) is 16.4 Å². The molecule has 0 radical (unpaired) electrons. The lowest BCUT2D eigenvalue weighted by Crippen LogP contribution is -2.30. The number of carbonyl (C=O) groups excluding carboxylic acids is 3. The van der Waals surface area contributed by atoms with Gasteiger partial charge in [-0.1, -0.05) is 29.8 Å². The molecule has 1 aliphatic rings. The summed E-state index contributed by atoms with van der Waals surface area (Å²) in [4.78, 5) is 38.8. The third-order valence-electron chi connectivity index (χ3n) is 4.58. The molecule has 0 unspecified atom stereocenters. The van der Waals surface area contributed by atoms with Crippen LogP contribution in [0.15, 0.2) is 66.7 Å². The molecule has 144 valence electrons. The summed E-state index contributed by atoms with van der Waals surface area (Å²) in [5.74, 6) is -0.814. The minimum atomic E-state index is -0.418. The number of nitrogens with one attached hydrogen (secondary N) is 2. The predicted octanol–water partition coefficient (Wildman–Crippen LogP) is 5.09. The molecule has 0 atom stereocenters. The average molecular weight is 406 g/mol. The van der Waals surface area contributed by atoms with E-state index in [4.69, 9.17) is 11.6 Å². The molecule has 1 heterocycles. The van der Waals surface area contributed by atoms with E-state index < -0.39 is 17.8 Å². The van der Waals surface area contributed by atoms with Crippen molar-refractivity contribution in [3.8, 4) is 0 Å². The fraction of sp³-hybridized carbons (Fsp3) is 0.0455. The molecule has 4 amide bonds. The van der Waals surface area contributed by atoms with Gasteiger partial charge in [-0.2, -0.15) is 0 Å². The molecular weight excluding hydrogens is 390 g/mol. The molecule has 0 fully saturated rings. The van der Waals surface area contributed by atoms with Crippen molar-refractivity contribution in [2.24, 2.45) is 0 Å². The molecule has 0 aromatic heterocycles. The van der Waals surface area contributed by atoms with Crippen molar-refractivity contribution in [2.75, 3.05) is 15.5 Å². The fourth-order valence-corrected chi connectivity index (χ4v) is 3.40. The molecule has 6 nitrogen and oxygen atoms in total. The highest BCUT2D eigenvalue weighted by Crippen LogP contribution is 2.33. The van der Waals surface area contributed by atoms with Crippen LogP contribution >= 0.6 is 11.6 Å². The molecule has 0 spiro atoms. The number of amides is 4. The van der Waals surface area contributed by atoms with E-state index in [1.54, 1.807) is 49.4 Å². The lowest BCUT2D eigenvalue weighted by Gasteiger charge is -2.17. The van der Waals surface area contributed by atoms with Crippen LogP contribution in [0.5, 0.6) is 0 Å². The van der Waals surface area contributed by atoms with Gasteiger partial charge >= 0.3 is 6.03 Å². The largest absolute Gasteiger partial charge is 0.323 e. The minimum absolute atomic E-state index is 0.284. The van der Waals surface area contributed by atoms with Crippen LogP contribution in [0.25, 0.3) is 0 Å². The molecule has 1 aliphatic heterocycles. The molecule has 0 bridgehead atoms. The Labute approximate surface area is 172 Å². The SMILES string of the molecule is Cc1cc(NC(=O)Nc2ccccc2)ccc1N1C(=O)c2ccc(Cl)cc2C1=O. The standard InChI is InChI=1S/C22H16ClN3O3/c1-13-11-16(25-22(29)24-15-5-3-2-4-6-15)8-10-19(13)26-20(27)17-9-7-14(23)12-18(17)21(26)28/h2-12H,1H3,(H2,24,25,29). The molecule has 0 saturated carbocycles. The van der Waals surface area contributed by atoms with Crippen LogP contribution in [0, 0.1) is 6.92 Å². The highest BCUT2D eigenvalue weighted by Gasteiger charge is 2.37. The van der Waals surface area contributed by atoms with Gasteiger partial charge in [-0.15, -0.1) is 0 Å². The number of fused-ring (bicyclic) bond motifs is 1. The molecule has 29 heavy (non-hydrogen) atoms. The average Bonchev–Trinajstić information content (AvgIpc) is 2.93. The van der Waals surface area contributed by atoms with E-state index >= 15 is 0 Å². The predicted molar refractivity (Wildman–Crippen MR) is 113 cm³/mol. The highest BCUT2D eigenvalue weighted by molar-refractivity contribution is 6.37. The summed E-state index contributed by atoms with van der Waals surface area (Å²) in [7, 11) is 0. The van der Waals surface area contributed by atoms with E-state index in [0.717, 1.165) is 4.90 Å². The van der Waals surface area contributed by atoms with Crippen LogP contribution in [0.4, 0.5) is 21.9 Å². The van der Waals surface area contributed by atoms with Gasteiger partial charge in [0.1, 0.15) is 0 Å². The maximum atomic E-state index is 12.7. The number of hydrogen-bond donors (Lipinski definition) is 2. The molecular formula is C22H16ClN3O3. The Morgan fingerprint density at radius 3 is 2.24 bits per heavy atom. The summed E-state index contributed by atoms with van der Waals surface area (Å²) >= 11 is 5.96. The van der Waals surface area contributed by atoms with Crippen molar-refractivity contribution in [2.45, 2.75) is 6.92 Å². The van der Waals surface area contributed by atoms with Crippen molar-refractivity contribution >= 4 is 46.5 Å². The van der Waals surface area contributed by atoms with Gasteiger partial charge in [-0.25, -0.2) is 9.69 Å². The van der Waals surface area contributed by atoms with E-state index in [1.807, 2.05) is 18.2 Å². The number of anilines is 3. The topological polar surface area (TPSA) is 78.5 Å². The third kappa shape index (κ3) is 3.58. The zero-order chi connectivity index (χ0) is 20.5. The van der Waals surface area contributed by atoms with Crippen LogP contribution in [0.2, 0.25) is 5.02 Å². The normalized spacial score (nSPS) is 12.7. The summed E-state index contributed by atoms with van der Waals surface area (Å²) in [5, 5.41) is 5.87. The number of halogens is 1. The number of rotatable bonds is 3. The van der Waals surface area contributed by atoms with Gasteiger partial charge in [-0.3, -0.25) is 9.59 Å². The number of hydrogen-bond acceptors (Lipinski definition) is 3. The summed E-state index contributed by atoms with van der Waals surface area (Å²) in [6, 6.07) is 18.3. The summed E-state index contributed by atoms with van der Waals surface area (Å²) in [5.41, 5.74) is 2.95. The Bertz CT molecular complexity index is 1150. The Hall–Kier alpha value is -3.64. The lowest BCUT2D eigenvalue weighted by molar-refractivity contribution is 0.0926. The highest BCUT2D eigenvalue weighted by atomic mass is 35.5. The minimum Gasteiger partial charge on any atom is -0.308 e. The first-order valence-electron chi connectivity index (χ1n) is 8.86. The van der Waals surface area contributed by atoms with Crippen LogP contribution < -0.4 is 15.5 Å². The first kappa shape index (κ1) is 18.7. The van der Waals surface area contributed by atoms with Gasteiger partial charge in [0.05, 0.1) is 16.8 Å². The van der Waals surface area contributed by atoms with Crippen molar-refractivity contribution in [3.63, 3.8) is 0 Å². The van der Waals surface area contributed by atoms with E-state index in [0.29, 0.717) is 33.2 Å². The maximum absolute atomic E-state index is 12.7. The Morgan fingerprint density at radius 1 is 0.828 bits per heavy atom. The molecule has 4 rings (SSSR count). The van der Waals surface area contributed by atoms with Crippen LogP contribution in [0.1, 0.15) is 26.3 Å². The maximum Gasteiger partial charge on any atom is 0.323 e. The Balaban J connectivity index is 1.54.